The van der Waals surface area contributed by atoms with Gasteiger partial charge in [0.15, 0.2) is 0 Å². The van der Waals surface area contributed by atoms with Gasteiger partial charge in [0, 0.05) is 64.6 Å². The molecule has 0 atom stereocenters. The summed E-state index contributed by atoms with van der Waals surface area (Å²) in [5, 5.41) is 3.45. The number of thiocarbonyl (C=S) groups is 1. The molecule has 2 heterocycles. The highest BCUT2D eigenvalue weighted by Gasteiger charge is 2.18. The highest BCUT2D eigenvalue weighted by Crippen LogP contribution is 2.15. The highest BCUT2D eigenvalue weighted by atomic mass is 32.1. The van der Waals surface area contributed by atoms with Crippen molar-refractivity contribution in [2.24, 2.45) is 0 Å². The quantitative estimate of drug-likeness (QED) is 0.615. The van der Waals surface area contributed by atoms with Gasteiger partial charge in [-0.25, -0.2) is 0 Å². The second kappa shape index (κ2) is 12.3. The molecule has 32 heavy (non-hydrogen) atoms. The van der Waals surface area contributed by atoms with E-state index >= 15 is 0 Å². The van der Waals surface area contributed by atoms with Crippen LogP contribution in [0.1, 0.15) is 5.56 Å². The Hall–Kier alpha value is -2.03. The molecule has 172 valence electrons. The zero-order chi connectivity index (χ0) is 22.0. The van der Waals surface area contributed by atoms with E-state index in [1.807, 2.05) is 42.5 Å². The summed E-state index contributed by atoms with van der Waals surface area (Å²) in [6.07, 6.45) is 1.06. The molecule has 0 aliphatic carbocycles. The van der Waals surface area contributed by atoms with Gasteiger partial charge < -0.3 is 19.7 Å². The van der Waals surface area contributed by atoms with Crippen LogP contribution in [0.5, 0.6) is 5.75 Å². The van der Waals surface area contributed by atoms with Gasteiger partial charge in [0.25, 0.3) is 5.17 Å². The number of piperazine rings is 1. The predicted molar refractivity (Wildman–Crippen MR) is 134 cm³/mol. The zero-order valence-corrected chi connectivity index (χ0v) is 19.6. The molecule has 2 aromatic carbocycles. The van der Waals surface area contributed by atoms with Crippen molar-refractivity contribution in [3.8, 4) is 5.75 Å². The summed E-state index contributed by atoms with van der Waals surface area (Å²) >= 11 is 5.30. The van der Waals surface area contributed by atoms with Gasteiger partial charge in [0.1, 0.15) is 5.75 Å². The topological polar surface area (TPSA) is 40.2 Å². The number of hydrogen-bond acceptors (Lipinski definition) is 6. The SMILES string of the molecule is S=C(Nc1ccccc1)Oc1ccc(CCN2CCN(CCN3CCOCC3)CC2)cc1. The summed E-state index contributed by atoms with van der Waals surface area (Å²) in [6.45, 7) is 12.0. The van der Waals surface area contributed by atoms with Crippen LogP contribution in [0.4, 0.5) is 5.69 Å². The third-order valence-corrected chi connectivity index (χ3v) is 6.36. The number of para-hydroxylation sites is 1. The van der Waals surface area contributed by atoms with E-state index in [4.69, 9.17) is 21.7 Å². The molecule has 2 aliphatic heterocycles. The van der Waals surface area contributed by atoms with Gasteiger partial charge in [-0.3, -0.25) is 9.80 Å². The molecule has 2 aliphatic rings. The minimum atomic E-state index is 0.357. The van der Waals surface area contributed by atoms with E-state index in [9.17, 15) is 0 Å². The first-order valence-corrected chi connectivity index (χ1v) is 12.0. The van der Waals surface area contributed by atoms with Crippen molar-refractivity contribution >= 4 is 23.1 Å². The Labute approximate surface area is 197 Å². The lowest BCUT2D eigenvalue weighted by Crippen LogP contribution is -2.49. The minimum Gasteiger partial charge on any atom is -0.432 e. The second-order valence-electron chi connectivity index (χ2n) is 8.41. The summed E-state index contributed by atoms with van der Waals surface area (Å²) in [5.41, 5.74) is 2.25. The normalized spacial score (nSPS) is 18.4. The predicted octanol–water partition coefficient (Wildman–Crippen LogP) is 2.95. The summed E-state index contributed by atoms with van der Waals surface area (Å²) < 4.78 is 11.2. The molecular weight excluding hydrogens is 420 g/mol. The fourth-order valence-corrected chi connectivity index (χ4v) is 4.34. The first-order valence-electron chi connectivity index (χ1n) is 11.6. The molecule has 0 unspecified atom stereocenters. The molecule has 0 aromatic heterocycles. The number of hydrogen-bond donors (Lipinski definition) is 1. The van der Waals surface area contributed by atoms with E-state index in [1.165, 1.54) is 31.7 Å². The van der Waals surface area contributed by atoms with Crippen molar-refractivity contribution in [1.82, 2.24) is 14.7 Å². The third kappa shape index (κ3) is 7.53. The van der Waals surface area contributed by atoms with Gasteiger partial charge in [-0.15, -0.1) is 0 Å². The number of anilines is 1. The number of nitrogens with one attached hydrogen (secondary N) is 1. The van der Waals surface area contributed by atoms with Crippen molar-refractivity contribution in [1.29, 1.82) is 0 Å². The van der Waals surface area contributed by atoms with Gasteiger partial charge in [-0.2, -0.15) is 0 Å². The van der Waals surface area contributed by atoms with Crippen LogP contribution < -0.4 is 10.1 Å². The molecule has 2 fully saturated rings. The van der Waals surface area contributed by atoms with E-state index in [2.05, 4.69) is 32.1 Å². The summed E-state index contributed by atoms with van der Waals surface area (Å²) in [6, 6.07) is 18.1. The molecule has 7 heteroatoms. The fraction of sp³-hybridized carbons (Fsp3) is 0.480. The Bertz CT molecular complexity index is 820. The molecule has 0 saturated carbocycles. The Morgan fingerprint density at radius 3 is 2.03 bits per heavy atom. The largest absolute Gasteiger partial charge is 0.432 e. The first kappa shape index (κ1) is 23.1. The summed E-state index contributed by atoms with van der Waals surface area (Å²) in [7, 11) is 0. The lowest BCUT2D eigenvalue weighted by atomic mass is 10.1. The standard InChI is InChI=1S/C25H34N4O2S/c32-25(26-23-4-2-1-3-5-23)31-24-8-6-22(7-9-24)10-11-27-12-14-28(15-13-27)16-17-29-18-20-30-21-19-29/h1-9H,10-21H2,(H,26,32). The lowest BCUT2D eigenvalue weighted by Gasteiger charge is -2.36. The van der Waals surface area contributed by atoms with E-state index in [-0.39, 0.29) is 0 Å². The maximum absolute atomic E-state index is 5.74. The van der Waals surface area contributed by atoms with Crippen LogP contribution in [-0.4, -0.2) is 92.0 Å². The zero-order valence-electron chi connectivity index (χ0n) is 18.7. The van der Waals surface area contributed by atoms with Gasteiger partial charge in [0.05, 0.1) is 13.2 Å². The van der Waals surface area contributed by atoms with Crippen LogP contribution >= 0.6 is 12.2 Å². The van der Waals surface area contributed by atoms with E-state index in [0.717, 1.165) is 63.8 Å². The van der Waals surface area contributed by atoms with Crippen molar-refractivity contribution in [2.75, 3.05) is 77.4 Å². The second-order valence-corrected chi connectivity index (χ2v) is 8.78. The number of rotatable bonds is 8. The van der Waals surface area contributed by atoms with Crippen molar-refractivity contribution in [3.05, 3.63) is 60.2 Å². The number of morpholine rings is 1. The molecular formula is C25H34N4O2S. The Balaban J connectivity index is 1.12. The minimum absolute atomic E-state index is 0.357. The van der Waals surface area contributed by atoms with Crippen molar-refractivity contribution in [2.45, 2.75) is 6.42 Å². The molecule has 2 saturated heterocycles. The maximum Gasteiger partial charge on any atom is 0.266 e. The Morgan fingerprint density at radius 2 is 1.38 bits per heavy atom. The van der Waals surface area contributed by atoms with Crippen LogP contribution in [0.2, 0.25) is 0 Å². The van der Waals surface area contributed by atoms with Crippen molar-refractivity contribution in [3.63, 3.8) is 0 Å². The van der Waals surface area contributed by atoms with Gasteiger partial charge in [-0.05, 0) is 48.5 Å². The first-order chi connectivity index (χ1) is 15.7. The van der Waals surface area contributed by atoms with E-state index in [1.54, 1.807) is 0 Å². The van der Waals surface area contributed by atoms with Crippen molar-refractivity contribution < 1.29 is 9.47 Å². The monoisotopic (exact) mass is 454 g/mol. The van der Waals surface area contributed by atoms with Gasteiger partial charge in [0.2, 0.25) is 0 Å². The highest BCUT2D eigenvalue weighted by molar-refractivity contribution is 7.80. The molecule has 0 spiro atoms. The van der Waals surface area contributed by atoms with Crippen LogP contribution in [0, 0.1) is 0 Å². The molecule has 4 rings (SSSR count). The maximum atomic E-state index is 5.74. The molecule has 0 bridgehead atoms. The third-order valence-electron chi connectivity index (χ3n) is 6.17. The average Bonchev–Trinajstić information content (AvgIpc) is 2.84. The van der Waals surface area contributed by atoms with Crippen LogP contribution in [0.25, 0.3) is 0 Å². The van der Waals surface area contributed by atoms with Crippen LogP contribution in [0.15, 0.2) is 54.6 Å². The average molecular weight is 455 g/mol. The molecule has 1 N–H and O–H groups in total. The van der Waals surface area contributed by atoms with Crippen LogP contribution in [0.3, 0.4) is 0 Å². The number of benzene rings is 2. The van der Waals surface area contributed by atoms with E-state index in [0.29, 0.717) is 5.17 Å². The smallest absolute Gasteiger partial charge is 0.266 e. The molecule has 0 radical (unpaired) electrons. The Kier molecular flexibility index (Phi) is 8.88. The lowest BCUT2D eigenvalue weighted by molar-refractivity contribution is 0.0300. The summed E-state index contributed by atoms with van der Waals surface area (Å²) in [5.74, 6) is 0.760. The van der Waals surface area contributed by atoms with Crippen LogP contribution in [-0.2, 0) is 11.2 Å². The number of ether oxygens (including phenoxy) is 2. The fourth-order valence-electron chi connectivity index (χ4n) is 4.13. The number of nitrogens with zero attached hydrogens (tertiary/aromatic N) is 3. The van der Waals surface area contributed by atoms with Gasteiger partial charge in [-0.1, -0.05) is 30.3 Å². The van der Waals surface area contributed by atoms with E-state index < -0.39 is 0 Å². The Morgan fingerprint density at radius 1 is 0.781 bits per heavy atom. The van der Waals surface area contributed by atoms with Gasteiger partial charge >= 0.3 is 0 Å². The molecule has 6 nitrogen and oxygen atoms in total. The molecule has 0 amide bonds. The summed E-state index contributed by atoms with van der Waals surface area (Å²) in [4.78, 5) is 7.70. The molecule has 2 aromatic rings.